The molecule has 2 aromatic rings. The second-order valence-electron chi connectivity index (χ2n) is 8.30. The number of hydrogen-bond donors (Lipinski definition) is 0. The molecule has 3 rings (SSSR count). The van der Waals surface area contributed by atoms with E-state index in [4.69, 9.17) is 0 Å². The molecule has 5 nitrogen and oxygen atoms in total. The van der Waals surface area contributed by atoms with Crippen molar-refractivity contribution in [1.82, 2.24) is 0 Å². The molecule has 0 saturated carbocycles. The predicted molar refractivity (Wildman–Crippen MR) is 123 cm³/mol. The van der Waals surface area contributed by atoms with E-state index in [9.17, 15) is 13.0 Å². The van der Waals surface area contributed by atoms with Crippen molar-refractivity contribution in [3.05, 3.63) is 65.2 Å². The third-order valence-electron chi connectivity index (χ3n) is 5.97. The van der Waals surface area contributed by atoms with Gasteiger partial charge in [-0.05, 0) is 57.0 Å². The summed E-state index contributed by atoms with van der Waals surface area (Å²) >= 11 is 0. The molecule has 0 amide bonds. The molecular formula is C24H30N2O3S. The Bertz CT molecular complexity index is 1120. The molecule has 0 N–H and O–H groups in total. The van der Waals surface area contributed by atoms with E-state index in [0.717, 1.165) is 16.8 Å². The van der Waals surface area contributed by atoms with E-state index in [-0.39, 0.29) is 17.7 Å². The first kappa shape index (κ1) is 22.2. The summed E-state index contributed by atoms with van der Waals surface area (Å²) < 4.78 is 35.2. The van der Waals surface area contributed by atoms with Crippen LogP contribution in [0.4, 0.5) is 11.4 Å². The Labute approximate surface area is 180 Å². The van der Waals surface area contributed by atoms with E-state index in [1.54, 1.807) is 0 Å². The summed E-state index contributed by atoms with van der Waals surface area (Å²) in [6, 6.07) is 14.6. The highest BCUT2D eigenvalue weighted by atomic mass is 32.2. The van der Waals surface area contributed by atoms with Gasteiger partial charge in [-0.1, -0.05) is 24.3 Å². The van der Waals surface area contributed by atoms with E-state index in [0.29, 0.717) is 6.54 Å². The molecule has 1 aliphatic heterocycles. The van der Waals surface area contributed by atoms with E-state index in [1.807, 2.05) is 36.9 Å². The summed E-state index contributed by atoms with van der Waals surface area (Å²) in [5.74, 6) is -0.387. The first-order valence-corrected chi connectivity index (χ1v) is 11.8. The van der Waals surface area contributed by atoms with Crippen LogP contribution in [0.3, 0.4) is 0 Å². The van der Waals surface area contributed by atoms with Crippen molar-refractivity contribution in [2.75, 3.05) is 30.8 Å². The molecule has 0 unspecified atom stereocenters. The number of allylic oxidation sites excluding steroid dienone is 1. The highest BCUT2D eigenvalue weighted by molar-refractivity contribution is 7.85. The Morgan fingerprint density at radius 1 is 1.13 bits per heavy atom. The summed E-state index contributed by atoms with van der Waals surface area (Å²) in [6.45, 7) is 9.32. The average molecular weight is 427 g/mol. The number of anilines is 1. The van der Waals surface area contributed by atoms with E-state index in [1.165, 1.54) is 17.0 Å². The molecule has 0 saturated heterocycles. The van der Waals surface area contributed by atoms with Crippen LogP contribution < -0.4 is 4.90 Å². The lowest BCUT2D eigenvalue weighted by molar-refractivity contribution is -0.401. The second kappa shape index (κ2) is 8.36. The highest BCUT2D eigenvalue weighted by Crippen LogP contribution is 2.39. The van der Waals surface area contributed by atoms with Gasteiger partial charge >= 0.3 is 0 Å². The number of benzene rings is 2. The summed E-state index contributed by atoms with van der Waals surface area (Å²) in [5.41, 5.74) is 6.87. The first-order chi connectivity index (χ1) is 14.0. The average Bonchev–Trinajstić information content (AvgIpc) is 2.87. The number of hydrogen-bond acceptors (Lipinski definition) is 4. The zero-order chi connectivity index (χ0) is 22.1. The van der Waals surface area contributed by atoms with Gasteiger partial charge in [-0.2, -0.15) is 4.58 Å². The Morgan fingerprint density at radius 3 is 2.43 bits per heavy atom. The molecule has 1 aliphatic rings. The maximum Gasteiger partial charge on any atom is 0.209 e. The van der Waals surface area contributed by atoms with Crippen molar-refractivity contribution in [3.63, 3.8) is 0 Å². The minimum Gasteiger partial charge on any atom is -0.748 e. The normalized spacial score (nSPS) is 15.7. The van der Waals surface area contributed by atoms with Crippen LogP contribution in [-0.4, -0.2) is 49.1 Å². The molecule has 0 radical (unpaired) electrons. The lowest BCUT2D eigenvalue weighted by Crippen LogP contribution is -2.29. The number of para-hydroxylation sites is 1. The van der Waals surface area contributed by atoms with Crippen molar-refractivity contribution in [3.8, 4) is 0 Å². The van der Waals surface area contributed by atoms with Gasteiger partial charge in [0.25, 0.3) is 0 Å². The SMILES string of the molecule is CCN(CCS(=O)(=O)[O-])c1ccc(C=CC2=[N+](C)c3ccccc3C2(C)C)c(C)c1. The Kier molecular flexibility index (Phi) is 6.20. The molecule has 1 heterocycles. The van der Waals surface area contributed by atoms with Crippen LogP contribution in [0.25, 0.3) is 6.08 Å². The van der Waals surface area contributed by atoms with Gasteiger partial charge < -0.3 is 9.45 Å². The second-order valence-corrected chi connectivity index (χ2v) is 9.83. The number of aryl methyl sites for hydroxylation is 1. The van der Waals surface area contributed by atoms with Gasteiger partial charge in [0.15, 0.2) is 5.71 Å². The number of nitrogens with zero attached hydrogens (tertiary/aromatic N) is 2. The topological polar surface area (TPSA) is 63.4 Å². The summed E-state index contributed by atoms with van der Waals surface area (Å²) in [6.07, 6.45) is 4.32. The highest BCUT2D eigenvalue weighted by Gasteiger charge is 2.42. The fraction of sp³-hybridized carbons (Fsp3) is 0.375. The zero-order valence-electron chi connectivity index (χ0n) is 18.3. The molecule has 0 spiro atoms. The number of rotatable bonds is 7. The summed E-state index contributed by atoms with van der Waals surface area (Å²) in [7, 11) is -2.12. The Balaban J connectivity index is 1.85. The van der Waals surface area contributed by atoms with E-state index in [2.05, 4.69) is 61.9 Å². The molecule has 6 heteroatoms. The maximum atomic E-state index is 11.0. The maximum absolute atomic E-state index is 11.0. The van der Waals surface area contributed by atoms with Gasteiger partial charge in [0, 0.05) is 36.5 Å². The van der Waals surface area contributed by atoms with Crippen LogP contribution in [0.5, 0.6) is 0 Å². The number of fused-ring (bicyclic) bond motifs is 1. The van der Waals surface area contributed by atoms with Gasteiger partial charge in [0.05, 0.1) is 21.3 Å². The van der Waals surface area contributed by atoms with Crippen LogP contribution in [0.1, 0.15) is 37.5 Å². The van der Waals surface area contributed by atoms with Crippen LogP contribution in [0, 0.1) is 6.92 Å². The van der Waals surface area contributed by atoms with Gasteiger partial charge in [0.2, 0.25) is 5.69 Å². The minimum absolute atomic E-state index is 0.0709. The molecule has 160 valence electrons. The Morgan fingerprint density at radius 2 is 1.83 bits per heavy atom. The van der Waals surface area contributed by atoms with Gasteiger partial charge in [-0.15, -0.1) is 0 Å². The Hall–Kier alpha value is -2.44. The third-order valence-corrected chi connectivity index (χ3v) is 6.66. The van der Waals surface area contributed by atoms with Crippen molar-refractivity contribution in [1.29, 1.82) is 0 Å². The van der Waals surface area contributed by atoms with Crippen LogP contribution in [-0.2, 0) is 15.5 Å². The third kappa shape index (κ3) is 4.50. The molecule has 0 aliphatic carbocycles. The first-order valence-electron chi connectivity index (χ1n) is 10.2. The quantitative estimate of drug-likeness (QED) is 0.494. The lowest BCUT2D eigenvalue weighted by atomic mass is 9.81. The van der Waals surface area contributed by atoms with Crippen molar-refractivity contribution < 1.29 is 17.5 Å². The standard InChI is InChI=1S/C24H30N2O3S/c1-6-26(15-16-30(27,28)29)20-13-11-19(18(2)17-20)12-14-23-24(3,4)21-9-7-8-10-22(21)25(23)5/h7-14,17H,6,15-16H2,1-5H3. The lowest BCUT2D eigenvalue weighted by Gasteiger charge is -2.24. The molecule has 0 atom stereocenters. The van der Waals surface area contributed by atoms with Crippen LogP contribution >= 0.6 is 0 Å². The molecule has 0 fully saturated rings. The fourth-order valence-corrected chi connectivity index (χ4v) is 4.65. The smallest absolute Gasteiger partial charge is 0.209 e. The molecule has 0 bridgehead atoms. The summed E-state index contributed by atoms with van der Waals surface area (Å²) in [5, 5.41) is 0. The van der Waals surface area contributed by atoms with Gasteiger partial charge in [-0.25, -0.2) is 8.42 Å². The van der Waals surface area contributed by atoms with Crippen LogP contribution in [0.15, 0.2) is 48.5 Å². The predicted octanol–water partition coefficient (Wildman–Crippen LogP) is 4.09. The van der Waals surface area contributed by atoms with E-state index < -0.39 is 10.1 Å². The van der Waals surface area contributed by atoms with Crippen molar-refractivity contribution >= 4 is 33.3 Å². The van der Waals surface area contributed by atoms with Gasteiger partial charge in [0.1, 0.15) is 7.05 Å². The monoisotopic (exact) mass is 426 g/mol. The molecule has 30 heavy (non-hydrogen) atoms. The largest absolute Gasteiger partial charge is 0.748 e. The van der Waals surface area contributed by atoms with E-state index >= 15 is 0 Å². The van der Waals surface area contributed by atoms with Crippen molar-refractivity contribution in [2.45, 2.75) is 33.1 Å². The minimum atomic E-state index is -4.22. The van der Waals surface area contributed by atoms with Crippen molar-refractivity contribution in [2.24, 2.45) is 0 Å². The fourth-order valence-electron chi connectivity index (χ4n) is 4.21. The van der Waals surface area contributed by atoms with Gasteiger partial charge in [-0.3, -0.25) is 0 Å². The molecule has 0 aromatic heterocycles. The van der Waals surface area contributed by atoms with Crippen LogP contribution in [0.2, 0.25) is 0 Å². The summed E-state index contributed by atoms with van der Waals surface area (Å²) in [4.78, 5) is 1.91. The zero-order valence-corrected chi connectivity index (χ0v) is 19.2. The molecule has 2 aromatic carbocycles. The molecular weight excluding hydrogens is 396 g/mol.